The zero-order valence-corrected chi connectivity index (χ0v) is 12.9. The fourth-order valence-corrected chi connectivity index (χ4v) is 2.57. The summed E-state index contributed by atoms with van der Waals surface area (Å²) in [6.45, 7) is 4.04. The van der Waals surface area contributed by atoms with Crippen molar-refractivity contribution in [2.24, 2.45) is 0 Å². The van der Waals surface area contributed by atoms with Crippen LogP contribution in [0.25, 0.3) is 0 Å². The molecule has 2 aromatic rings. The number of benzene rings is 2. The molecule has 2 aromatic carbocycles. The summed E-state index contributed by atoms with van der Waals surface area (Å²) in [6.07, 6.45) is -0.688. The second kappa shape index (κ2) is 5.76. The van der Waals surface area contributed by atoms with Gasteiger partial charge in [0, 0.05) is 10.0 Å². The lowest BCUT2D eigenvalue weighted by atomic mass is 9.96. The summed E-state index contributed by atoms with van der Waals surface area (Å²) in [5.74, 6) is 0.757. The Morgan fingerprint density at radius 3 is 2.53 bits per heavy atom. The summed E-state index contributed by atoms with van der Waals surface area (Å²) >= 11 is 3.42. The molecule has 0 saturated carbocycles. The molecule has 0 saturated heterocycles. The zero-order chi connectivity index (χ0) is 14.0. The van der Waals surface area contributed by atoms with Gasteiger partial charge in [-0.25, -0.2) is 0 Å². The van der Waals surface area contributed by atoms with Crippen LogP contribution in [0, 0.1) is 13.8 Å². The summed E-state index contributed by atoms with van der Waals surface area (Å²) in [7, 11) is 1.64. The third-order valence-electron chi connectivity index (χ3n) is 3.37. The molecule has 0 aliphatic rings. The molecule has 2 rings (SSSR count). The highest BCUT2D eigenvalue weighted by Crippen LogP contribution is 2.34. The molecular weight excluding hydrogens is 304 g/mol. The molecular formula is C16H17BrO2. The Kier molecular flexibility index (Phi) is 4.27. The van der Waals surface area contributed by atoms with Gasteiger partial charge in [0.15, 0.2) is 0 Å². The average molecular weight is 321 g/mol. The molecule has 0 aliphatic carbocycles. The first-order valence-corrected chi connectivity index (χ1v) is 6.91. The van der Waals surface area contributed by atoms with Crippen LogP contribution < -0.4 is 4.74 Å². The molecule has 0 aliphatic heterocycles. The van der Waals surface area contributed by atoms with Crippen LogP contribution in [0.1, 0.15) is 28.4 Å². The summed E-state index contributed by atoms with van der Waals surface area (Å²) in [6, 6.07) is 11.6. The van der Waals surface area contributed by atoms with Crippen LogP contribution in [0.15, 0.2) is 40.9 Å². The van der Waals surface area contributed by atoms with Crippen molar-refractivity contribution < 1.29 is 9.84 Å². The van der Waals surface area contributed by atoms with E-state index >= 15 is 0 Å². The fourth-order valence-electron chi connectivity index (χ4n) is 2.15. The summed E-state index contributed by atoms with van der Waals surface area (Å²) in [5.41, 5.74) is 3.86. The van der Waals surface area contributed by atoms with Crippen molar-refractivity contribution in [2.75, 3.05) is 7.11 Å². The molecule has 3 heteroatoms. The highest BCUT2D eigenvalue weighted by molar-refractivity contribution is 9.10. The van der Waals surface area contributed by atoms with Crippen LogP contribution in [0.5, 0.6) is 5.75 Å². The van der Waals surface area contributed by atoms with E-state index in [2.05, 4.69) is 15.9 Å². The number of hydrogen-bond acceptors (Lipinski definition) is 2. The lowest BCUT2D eigenvalue weighted by Gasteiger charge is -2.18. The third-order valence-corrected chi connectivity index (χ3v) is 3.86. The standard InChI is InChI=1S/C16H17BrO2/c1-10-7-8-14(16(19-3)11(10)2)15(18)12-5-4-6-13(17)9-12/h4-9,15,18H,1-3H3. The van der Waals surface area contributed by atoms with Crippen LogP contribution in [0.4, 0.5) is 0 Å². The number of methoxy groups -OCH3 is 1. The quantitative estimate of drug-likeness (QED) is 0.920. The van der Waals surface area contributed by atoms with Gasteiger partial charge in [-0.05, 0) is 42.7 Å². The largest absolute Gasteiger partial charge is 0.496 e. The van der Waals surface area contributed by atoms with Gasteiger partial charge >= 0.3 is 0 Å². The number of aliphatic hydroxyl groups is 1. The van der Waals surface area contributed by atoms with Gasteiger partial charge in [0.1, 0.15) is 11.9 Å². The Morgan fingerprint density at radius 2 is 1.89 bits per heavy atom. The molecule has 1 atom stereocenters. The Hall–Kier alpha value is -1.32. The maximum Gasteiger partial charge on any atom is 0.128 e. The first kappa shape index (κ1) is 14.1. The second-order valence-electron chi connectivity index (χ2n) is 4.59. The van der Waals surface area contributed by atoms with E-state index in [1.165, 1.54) is 0 Å². The van der Waals surface area contributed by atoms with E-state index in [0.29, 0.717) is 0 Å². The van der Waals surface area contributed by atoms with Gasteiger partial charge < -0.3 is 9.84 Å². The van der Waals surface area contributed by atoms with E-state index in [1.807, 2.05) is 50.2 Å². The van der Waals surface area contributed by atoms with E-state index in [1.54, 1.807) is 7.11 Å². The lowest BCUT2D eigenvalue weighted by molar-refractivity contribution is 0.214. The summed E-state index contributed by atoms with van der Waals surface area (Å²) in [5, 5.41) is 10.5. The zero-order valence-electron chi connectivity index (χ0n) is 11.3. The molecule has 19 heavy (non-hydrogen) atoms. The third kappa shape index (κ3) is 2.82. The average Bonchev–Trinajstić information content (AvgIpc) is 2.41. The van der Waals surface area contributed by atoms with E-state index in [4.69, 9.17) is 4.74 Å². The van der Waals surface area contributed by atoms with Gasteiger partial charge in [-0.15, -0.1) is 0 Å². The van der Waals surface area contributed by atoms with Crippen LogP contribution in [0.3, 0.4) is 0 Å². The van der Waals surface area contributed by atoms with Crippen molar-refractivity contribution in [3.8, 4) is 5.75 Å². The molecule has 0 amide bonds. The molecule has 1 N–H and O–H groups in total. The first-order chi connectivity index (χ1) is 9.04. The fraction of sp³-hybridized carbons (Fsp3) is 0.250. The number of halogens is 1. The van der Waals surface area contributed by atoms with Crippen molar-refractivity contribution in [1.29, 1.82) is 0 Å². The molecule has 0 aromatic heterocycles. The molecule has 0 fully saturated rings. The SMILES string of the molecule is COc1c(C(O)c2cccc(Br)c2)ccc(C)c1C. The topological polar surface area (TPSA) is 29.5 Å². The van der Waals surface area contributed by atoms with Crippen LogP contribution >= 0.6 is 15.9 Å². The van der Waals surface area contributed by atoms with Crippen LogP contribution in [0.2, 0.25) is 0 Å². The predicted molar refractivity (Wildman–Crippen MR) is 80.7 cm³/mol. The smallest absolute Gasteiger partial charge is 0.128 e. The molecule has 0 heterocycles. The van der Waals surface area contributed by atoms with E-state index in [0.717, 1.165) is 32.5 Å². The highest BCUT2D eigenvalue weighted by atomic mass is 79.9. The lowest BCUT2D eigenvalue weighted by Crippen LogP contribution is -2.04. The normalized spacial score (nSPS) is 12.3. The monoisotopic (exact) mass is 320 g/mol. The Morgan fingerprint density at radius 1 is 1.16 bits per heavy atom. The second-order valence-corrected chi connectivity index (χ2v) is 5.50. The van der Waals surface area contributed by atoms with E-state index in [-0.39, 0.29) is 0 Å². The maximum atomic E-state index is 10.5. The van der Waals surface area contributed by atoms with Gasteiger partial charge in [-0.1, -0.05) is 40.2 Å². The predicted octanol–water partition coefficient (Wildman–Crippen LogP) is 4.16. The Labute approximate surface area is 122 Å². The number of aryl methyl sites for hydroxylation is 1. The van der Waals surface area contributed by atoms with Crippen molar-refractivity contribution in [3.63, 3.8) is 0 Å². The van der Waals surface area contributed by atoms with Crippen LogP contribution in [-0.2, 0) is 0 Å². The van der Waals surface area contributed by atoms with Gasteiger partial charge in [0.2, 0.25) is 0 Å². The van der Waals surface area contributed by atoms with Crippen molar-refractivity contribution in [3.05, 3.63) is 63.1 Å². The van der Waals surface area contributed by atoms with Gasteiger partial charge in [0.25, 0.3) is 0 Å². The van der Waals surface area contributed by atoms with Crippen LogP contribution in [-0.4, -0.2) is 12.2 Å². The minimum Gasteiger partial charge on any atom is -0.496 e. The Balaban J connectivity index is 2.50. The molecule has 0 bridgehead atoms. The maximum absolute atomic E-state index is 10.5. The number of ether oxygens (including phenoxy) is 1. The minimum atomic E-state index is -0.688. The Bertz CT molecular complexity index is 593. The summed E-state index contributed by atoms with van der Waals surface area (Å²) in [4.78, 5) is 0. The number of aliphatic hydroxyl groups excluding tert-OH is 1. The molecule has 0 radical (unpaired) electrons. The van der Waals surface area contributed by atoms with Crippen molar-refractivity contribution >= 4 is 15.9 Å². The van der Waals surface area contributed by atoms with Gasteiger partial charge in [-0.2, -0.15) is 0 Å². The van der Waals surface area contributed by atoms with E-state index in [9.17, 15) is 5.11 Å². The number of rotatable bonds is 3. The molecule has 2 nitrogen and oxygen atoms in total. The van der Waals surface area contributed by atoms with Gasteiger partial charge in [-0.3, -0.25) is 0 Å². The highest BCUT2D eigenvalue weighted by Gasteiger charge is 2.17. The van der Waals surface area contributed by atoms with Crippen molar-refractivity contribution in [1.82, 2.24) is 0 Å². The first-order valence-electron chi connectivity index (χ1n) is 6.12. The van der Waals surface area contributed by atoms with Gasteiger partial charge in [0.05, 0.1) is 7.11 Å². The van der Waals surface area contributed by atoms with E-state index < -0.39 is 6.10 Å². The molecule has 1 unspecified atom stereocenters. The number of hydrogen-bond donors (Lipinski definition) is 1. The van der Waals surface area contributed by atoms with Crippen molar-refractivity contribution in [2.45, 2.75) is 20.0 Å². The molecule has 0 spiro atoms. The summed E-state index contributed by atoms with van der Waals surface area (Å²) < 4.78 is 6.41. The minimum absolute atomic E-state index is 0.688. The molecule has 100 valence electrons.